The van der Waals surface area contributed by atoms with E-state index in [1.54, 1.807) is 29.2 Å². The fraction of sp³-hybridized carbons (Fsp3) is 0.333. The van der Waals surface area contributed by atoms with Crippen molar-refractivity contribution in [1.82, 2.24) is 4.90 Å². The molecule has 1 aromatic rings. The molecule has 5 nitrogen and oxygen atoms in total. The number of urea groups is 1. The number of benzene rings is 1. The lowest BCUT2D eigenvalue weighted by Crippen LogP contribution is -2.33. The van der Waals surface area contributed by atoms with Crippen LogP contribution in [0.25, 0.3) is 0 Å². The minimum absolute atomic E-state index is 0.190. The van der Waals surface area contributed by atoms with Gasteiger partial charge in [-0.3, -0.25) is 0 Å². The Morgan fingerprint density at radius 1 is 1.41 bits per heavy atom. The van der Waals surface area contributed by atoms with Crippen LogP contribution in [0, 0.1) is 0 Å². The molecular formula is C12H15N3O2. The lowest BCUT2D eigenvalue weighted by Gasteiger charge is -2.23. The number of carbonyl (C=O) groups is 1. The summed E-state index contributed by atoms with van der Waals surface area (Å²) in [6.45, 7) is 2.62. The molecule has 1 atom stereocenters. The van der Waals surface area contributed by atoms with E-state index in [2.05, 4.69) is 4.99 Å². The van der Waals surface area contributed by atoms with Gasteiger partial charge in [0.15, 0.2) is 0 Å². The molecule has 2 amide bonds. The first-order chi connectivity index (χ1) is 8.13. The van der Waals surface area contributed by atoms with Crippen LogP contribution in [-0.2, 0) is 0 Å². The molecule has 1 unspecified atom stereocenters. The number of nitrogens with two attached hydrogens (primary N) is 1. The predicted octanol–water partition coefficient (Wildman–Crippen LogP) is 1.64. The Bertz CT molecular complexity index is 453. The van der Waals surface area contributed by atoms with Crippen molar-refractivity contribution in [2.45, 2.75) is 19.4 Å². The normalized spacial score (nSPS) is 19.6. The summed E-state index contributed by atoms with van der Waals surface area (Å²) in [6.07, 6.45) is 0.850. The maximum Gasteiger partial charge on any atom is 0.346 e. The van der Waals surface area contributed by atoms with Gasteiger partial charge in [0, 0.05) is 6.54 Å². The average molecular weight is 233 g/mol. The van der Waals surface area contributed by atoms with Crippen molar-refractivity contribution >= 4 is 11.9 Å². The van der Waals surface area contributed by atoms with Crippen LogP contribution in [0.15, 0.2) is 29.3 Å². The van der Waals surface area contributed by atoms with Gasteiger partial charge in [0.25, 0.3) is 0 Å². The van der Waals surface area contributed by atoms with E-state index >= 15 is 0 Å². The zero-order chi connectivity index (χ0) is 12.4. The van der Waals surface area contributed by atoms with Crippen molar-refractivity contribution in [3.8, 4) is 5.75 Å². The number of rotatable bonds is 3. The molecule has 0 aliphatic carbocycles. The standard InChI is InChI=1S/C12H15N3O2/c1-2-7-15-10(11(13)14-12(15)17)8-3-5-9(16)6-4-8/h3-6,10,16H,2,7H2,1H3,(H2,13,14,17). The molecule has 3 N–H and O–H groups in total. The summed E-state index contributed by atoms with van der Waals surface area (Å²) < 4.78 is 0. The minimum atomic E-state index is -0.303. The molecule has 1 aromatic carbocycles. The van der Waals surface area contributed by atoms with E-state index in [1.807, 2.05) is 6.92 Å². The largest absolute Gasteiger partial charge is 0.508 e. The summed E-state index contributed by atoms with van der Waals surface area (Å²) in [5, 5.41) is 9.24. The summed E-state index contributed by atoms with van der Waals surface area (Å²) >= 11 is 0. The van der Waals surface area contributed by atoms with Crippen LogP contribution in [-0.4, -0.2) is 28.4 Å². The van der Waals surface area contributed by atoms with Crippen molar-refractivity contribution in [2.24, 2.45) is 10.7 Å². The van der Waals surface area contributed by atoms with Gasteiger partial charge in [-0.15, -0.1) is 0 Å². The number of hydrogen-bond acceptors (Lipinski definition) is 3. The third-order valence-electron chi connectivity index (χ3n) is 2.74. The van der Waals surface area contributed by atoms with Crippen LogP contribution in [0.1, 0.15) is 24.9 Å². The molecular weight excluding hydrogens is 218 g/mol. The van der Waals surface area contributed by atoms with Crippen LogP contribution >= 0.6 is 0 Å². The van der Waals surface area contributed by atoms with Crippen LogP contribution in [0.2, 0.25) is 0 Å². The smallest absolute Gasteiger partial charge is 0.346 e. The van der Waals surface area contributed by atoms with E-state index in [0.29, 0.717) is 12.4 Å². The van der Waals surface area contributed by atoms with Gasteiger partial charge >= 0.3 is 6.03 Å². The Labute approximate surface area is 99.6 Å². The Morgan fingerprint density at radius 2 is 2.06 bits per heavy atom. The number of aliphatic imine (C=N–C) groups is 1. The Morgan fingerprint density at radius 3 is 2.65 bits per heavy atom. The lowest BCUT2D eigenvalue weighted by atomic mass is 10.1. The second kappa shape index (κ2) is 4.45. The topological polar surface area (TPSA) is 78.9 Å². The first-order valence-electron chi connectivity index (χ1n) is 5.57. The second-order valence-corrected chi connectivity index (χ2v) is 4.01. The van der Waals surface area contributed by atoms with Gasteiger partial charge in [-0.1, -0.05) is 19.1 Å². The molecule has 90 valence electrons. The van der Waals surface area contributed by atoms with E-state index < -0.39 is 0 Å². The number of nitrogens with zero attached hydrogens (tertiary/aromatic N) is 2. The average Bonchev–Trinajstić information content (AvgIpc) is 2.56. The molecule has 0 bridgehead atoms. The summed E-state index contributed by atoms with van der Waals surface area (Å²) in [5.41, 5.74) is 6.65. The number of carbonyl (C=O) groups excluding carboxylic acids is 1. The second-order valence-electron chi connectivity index (χ2n) is 4.01. The quantitative estimate of drug-likeness (QED) is 0.832. The van der Waals surface area contributed by atoms with Gasteiger partial charge in [0.2, 0.25) is 0 Å². The van der Waals surface area contributed by atoms with Gasteiger partial charge in [0.1, 0.15) is 17.6 Å². The molecule has 17 heavy (non-hydrogen) atoms. The van der Waals surface area contributed by atoms with Crippen molar-refractivity contribution in [3.63, 3.8) is 0 Å². The summed E-state index contributed by atoms with van der Waals surface area (Å²) in [7, 11) is 0. The van der Waals surface area contributed by atoms with Gasteiger partial charge in [-0.25, -0.2) is 4.79 Å². The first-order valence-corrected chi connectivity index (χ1v) is 5.57. The van der Waals surface area contributed by atoms with Crippen molar-refractivity contribution in [1.29, 1.82) is 0 Å². The fourth-order valence-electron chi connectivity index (χ4n) is 1.98. The molecule has 0 radical (unpaired) electrons. The van der Waals surface area contributed by atoms with Crippen LogP contribution in [0.3, 0.4) is 0 Å². The summed E-state index contributed by atoms with van der Waals surface area (Å²) in [4.78, 5) is 17.1. The van der Waals surface area contributed by atoms with E-state index in [1.165, 1.54) is 0 Å². The predicted molar refractivity (Wildman–Crippen MR) is 64.9 cm³/mol. The molecule has 0 saturated carbocycles. The summed E-state index contributed by atoms with van der Waals surface area (Å²) in [6, 6.07) is 6.07. The number of amidine groups is 1. The third-order valence-corrected chi connectivity index (χ3v) is 2.74. The SMILES string of the molecule is CCCN1C(=O)N=C(N)C1c1ccc(O)cc1. The first kappa shape index (κ1) is 11.4. The minimum Gasteiger partial charge on any atom is -0.508 e. The summed E-state index contributed by atoms with van der Waals surface area (Å²) in [5.74, 6) is 0.504. The van der Waals surface area contributed by atoms with E-state index in [0.717, 1.165) is 12.0 Å². The molecule has 0 fully saturated rings. The number of amides is 2. The van der Waals surface area contributed by atoms with Crippen molar-refractivity contribution in [2.75, 3.05) is 6.54 Å². The molecule has 0 aromatic heterocycles. The van der Waals surface area contributed by atoms with Crippen LogP contribution in [0.5, 0.6) is 5.75 Å². The zero-order valence-corrected chi connectivity index (χ0v) is 9.63. The van der Waals surface area contributed by atoms with E-state index in [9.17, 15) is 9.90 Å². The Hall–Kier alpha value is -2.04. The third kappa shape index (κ3) is 2.08. The maximum absolute atomic E-state index is 11.6. The van der Waals surface area contributed by atoms with Crippen LogP contribution < -0.4 is 5.73 Å². The highest BCUT2D eigenvalue weighted by Gasteiger charge is 2.33. The molecule has 1 heterocycles. The van der Waals surface area contributed by atoms with Gasteiger partial charge < -0.3 is 15.7 Å². The molecule has 0 spiro atoms. The number of phenols is 1. The highest BCUT2D eigenvalue weighted by Crippen LogP contribution is 2.27. The maximum atomic E-state index is 11.6. The Kier molecular flexibility index (Phi) is 2.99. The van der Waals surface area contributed by atoms with Crippen molar-refractivity contribution in [3.05, 3.63) is 29.8 Å². The Balaban J connectivity index is 2.31. The number of hydrogen-bond donors (Lipinski definition) is 2. The molecule has 2 rings (SSSR count). The van der Waals surface area contributed by atoms with E-state index in [4.69, 9.17) is 5.73 Å². The highest BCUT2D eigenvalue weighted by molar-refractivity contribution is 6.03. The molecule has 1 aliphatic heterocycles. The molecule has 5 heteroatoms. The van der Waals surface area contributed by atoms with E-state index in [-0.39, 0.29) is 17.8 Å². The van der Waals surface area contributed by atoms with Gasteiger partial charge in [-0.2, -0.15) is 4.99 Å². The molecule has 1 aliphatic rings. The van der Waals surface area contributed by atoms with Crippen LogP contribution in [0.4, 0.5) is 4.79 Å². The fourth-order valence-corrected chi connectivity index (χ4v) is 1.98. The number of aromatic hydroxyl groups is 1. The van der Waals surface area contributed by atoms with Gasteiger partial charge in [0.05, 0.1) is 0 Å². The zero-order valence-electron chi connectivity index (χ0n) is 9.63. The van der Waals surface area contributed by atoms with Gasteiger partial charge in [-0.05, 0) is 24.1 Å². The lowest BCUT2D eigenvalue weighted by molar-refractivity contribution is 0.206. The molecule has 0 saturated heterocycles. The highest BCUT2D eigenvalue weighted by atomic mass is 16.3. The monoisotopic (exact) mass is 233 g/mol. The number of phenolic OH excluding ortho intramolecular Hbond substituents is 1. The van der Waals surface area contributed by atoms with Crippen molar-refractivity contribution < 1.29 is 9.90 Å².